The SMILES string of the molecule is CN(C(=O)N[C@H]1CC[C@H](CCN2CCN(c3nsc4ccccc34)CC2)CC1)c1ccccc1. The number of fused-ring (bicyclic) bond motifs is 1. The Morgan fingerprint density at radius 1 is 1.00 bits per heavy atom. The topological polar surface area (TPSA) is 51.7 Å². The van der Waals surface area contributed by atoms with Gasteiger partial charge in [0.1, 0.15) is 5.82 Å². The first-order valence-corrected chi connectivity index (χ1v) is 13.4. The molecule has 1 aliphatic heterocycles. The van der Waals surface area contributed by atoms with Crippen molar-refractivity contribution in [2.45, 2.75) is 38.1 Å². The third kappa shape index (κ3) is 5.36. The van der Waals surface area contributed by atoms with Crippen LogP contribution in [0.3, 0.4) is 0 Å². The van der Waals surface area contributed by atoms with E-state index in [1.807, 2.05) is 37.4 Å². The summed E-state index contributed by atoms with van der Waals surface area (Å²) in [4.78, 5) is 19.4. The average Bonchev–Trinajstić information content (AvgIpc) is 3.33. The molecule has 1 aromatic heterocycles. The summed E-state index contributed by atoms with van der Waals surface area (Å²) in [6.45, 7) is 5.53. The summed E-state index contributed by atoms with van der Waals surface area (Å²) >= 11 is 1.61. The van der Waals surface area contributed by atoms with Gasteiger partial charge in [0, 0.05) is 50.3 Å². The van der Waals surface area contributed by atoms with Crippen molar-refractivity contribution >= 4 is 39.2 Å². The summed E-state index contributed by atoms with van der Waals surface area (Å²) in [7, 11) is 1.84. The number of benzene rings is 2. The summed E-state index contributed by atoms with van der Waals surface area (Å²) < 4.78 is 6.01. The molecule has 0 radical (unpaired) electrons. The lowest BCUT2D eigenvalue weighted by Crippen LogP contribution is -2.47. The van der Waals surface area contributed by atoms with E-state index in [-0.39, 0.29) is 6.03 Å². The number of hydrogen-bond acceptors (Lipinski definition) is 5. The van der Waals surface area contributed by atoms with Crippen molar-refractivity contribution in [1.29, 1.82) is 0 Å². The molecule has 2 aliphatic rings. The van der Waals surface area contributed by atoms with Gasteiger partial charge in [0.2, 0.25) is 0 Å². The molecule has 1 N–H and O–H groups in total. The second-order valence-electron chi connectivity index (χ2n) is 9.68. The highest BCUT2D eigenvalue weighted by atomic mass is 32.1. The summed E-state index contributed by atoms with van der Waals surface area (Å²) in [6.07, 6.45) is 5.87. The number of carbonyl (C=O) groups is 1. The zero-order chi connectivity index (χ0) is 23.3. The maximum absolute atomic E-state index is 12.6. The number of amides is 2. The van der Waals surface area contributed by atoms with Crippen molar-refractivity contribution in [3.8, 4) is 0 Å². The predicted octanol–water partition coefficient (Wildman–Crippen LogP) is 5.21. The number of para-hydroxylation sites is 1. The first kappa shape index (κ1) is 23.1. The molecule has 0 unspecified atom stereocenters. The van der Waals surface area contributed by atoms with Gasteiger partial charge in [-0.25, -0.2) is 4.79 Å². The minimum Gasteiger partial charge on any atom is -0.353 e. The van der Waals surface area contributed by atoms with Crippen molar-refractivity contribution in [2.75, 3.05) is 49.6 Å². The number of carbonyl (C=O) groups excluding carboxylic acids is 1. The van der Waals surface area contributed by atoms with Crippen molar-refractivity contribution in [3.63, 3.8) is 0 Å². The highest BCUT2D eigenvalue weighted by Gasteiger charge is 2.25. The fraction of sp³-hybridized carbons (Fsp3) is 0.481. The second-order valence-corrected chi connectivity index (χ2v) is 10.5. The molecule has 1 aliphatic carbocycles. The van der Waals surface area contributed by atoms with Crippen LogP contribution >= 0.6 is 11.5 Å². The van der Waals surface area contributed by atoms with Crippen molar-refractivity contribution in [2.24, 2.45) is 5.92 Å². The van der Waals surface area contributed by atoms with Gasteiger partial charge in [0.25, 0.3) is 0 Å². The zero-order valence-corrected chi connectivity index (χ0v) is 20.8. The monoisotopic (exact) mass is 477 g/mol. The minimum absolute atomic E-state index is 0.000381. The maximum atomic E-state index is 12.6. The van der Waals surface area contributed by atoms with Gasteiger partial charge in [-0.15, -0.1) is 0 Å². The van der Waals surface area contributed by atoms with E-state index in [4.69, 9.17) is 4.37 Å². The van der Waals surface area contributed by atoms with E-state index in [9.17, 15) is 4.79 Å². The van der Waals surface area contributed by atoms with Crippen LogP contribution in [0.25, 0.3) is 10.1 Å². The number of urea groups is 1. The van der Waals surface area contributed by atoms with E-state index in [1.165, 1.54) is 41.7 Å². The number of nitrogens with zero attached hydrogens (tertiary/aromatic N) is 4. The van der Waals surface area contributed by atoms with Crippen molar-refractivity contribution in [3.05, 3.63) is 54.6 Å². The van der Waals surface area contributed by atoms with Gasteiger partial charge in [-0.3, -0.25) is 9.80 Å². The van der Waals surface area contributed by atoms with Crippen LogP contribution < -0.4 is 15.1 Å². The van der Waals surface area contributed by atoms with Crippen LogP contribution in [0.1, 0.15) is 32.1 Å². The molecule has 180 valence electrons. The Hall–Kier alpha value is -2.64. The van der Waals surface area contributed by atoms with E-state index < -0.39 is 0 Å². The molecule has 2 aromatic carbocycles. The van der Waals surface area contributed by atoms with E-state index in [0.717, 1.165) is 50.6 Å². The fourth-order valence-electron chi connectivity index (χ4n) is 5.28. The molecule has 5 rings (SSSR count). The smallest absolute Gasteiger partial charge is 0.321 e. The average molecular weight is 478 g/mol. The summed E-state index contributed by atoms with van der Waals surface area (Å²) in [6, 6.07) is 18.7. The highest BCUT2D eigenvalue weighted by molar-refractivity contribution is 7.13. The van der Waals surface area contributed by atoms with Crippen LogP contribution in [0, 0.1) is 5.92 Å². The lowest BCUT2D eigenvalue weighted by Gasteiger charge is -2.36. The Morgan fingerprint density at radius 2 is 1.71 bits per heavy atom. The molecule has 2 heterocycles. The Balaban J connectivity index is 1.02. The zero-order valence-electron chi connectivity index (χ0n) is 20.0. The van der Waals surface area contributed by atoms with Crippen LogP contribution in [0.5, 0.6) is 0 Å². The third-order valence-corrected chi connectivity index (χ3v) is 8.32. The molecule has 2 fully saturated rings. The number of rotatable bonds is 6. The summed E-state index contributed by atoms with van der Waals surface area (Å²) in [5, 5.41) is 4.53. The van der Waals surface area contributed by atoms with Gasteiger partial charge < -0.3 is 10.2 Å². The summed E-state index contributed by atoms with van der Waals surface area (Å²) in [5.41, 5.74) is 0.928. The lowest BCUT2D eigenvalue weighted by molar-refractivity contribution is 0.207. The first-order valence-electron chi connectivity index (χ1n) is 12.6. The van der Waals surface area contributed by atoms with Gasteiger partial charge >= 0.3 is 6.03 Å². The van der Waals surface area contributed by atoms with E-state index in [0.29, 0.717) is 6.04 Å². The van der Waals surface area contributed by atoms with Crippen LogP contribution in [0.15, 0.2) is 54.6 Å². The Kier molecular flexibility index (Phi) is 7.30. The molecule has 7 heteroatoms. The van der Waals surface area contributed by atoms with Gasteiger partial charge in [0.05, 0.1) is 4.70 Å². The highest BCUT2D eigenvalue weighted by Crippen LogP contribution is 2.31. The lowest BCUT2D eigenvalue weighted by atomic mass is 9.84. The van der Waals surface area contributed by atoms with Gasteiger partial charge in [0.15, 0.2) is 0 Å². The number of aromatic nitrogens is 1. The number of piperazine rings is 1. The van der Waals surface area contributed by atoms with E-state index >= 15 is 0 Å². The van der Waals surface area contributed by atoms with Crippen LogP contribution in [0.2, 0.25) is 0 Å². The quantitative estimate of drug-likeness (QED) is 0.529. The molecule has 1 saturated carbocycles. The van der Waals surface area contributed by atoms with Gasteiger partial charge in [-0.2, -0.15) is 4.37 Å². The van der Waals surface area contributed by atoms with Crippen molar-refractivity contribution in [1.82, 2.24) is 14.6 Å². The summed E-state index contributed by atoms with van der Waals surface area (Å²) in [5.74, 6) is 1.94. The van der Waals surface area contributed by atoms with E-state index in [2.05, 4.69) is 39.4 Å². The molecular weight excluding hydrogens is 442 g/mol. The molecular formula is C27H35N5OS. The molecule has 6 nitrogen and oxygen atoms in total. The standard InChI is InChI=1S/C27H35N5OS/c1-30(23-7-3-2-4-8-23)27(33)28-22-13-11-21(12-14-22)15-16-31-17-19-32(20-18-31)26-24-9-5-6-10-25(24)34-29-26/h2-10,21-22H,11-20H2,1H3,(H,28,33)/t21-,22-. The first-order chi connectivity index (χ1) is 16.7. The van der Waals surface area contributed by atoms with Crippen LogP contribution in [-0.4, -0.2) is 61.1 Å². The molecule has 0 spiro atoms. The Labute approximate surface area is 206 Å². The molecule has 0 bridgehead atoms. The Morgan fingerprint density at radius 3 is 2.47 bits per heavy atom. The van der Waals surface area contributed by atoms with Crippen molar-refractivity contribution < 1.29 is 4.79 Å². The van der Waals surface area contributed by atoms with Gasteiger partial charge in [-0.05, 0) is 80.4 Å². The molecule has 1 saturated heterocycles. The minimum atomic E-state index is 0.000381. The predicted molar refractivity (Wildman–Crippen MR) is 142 cm³/mol. The Bertz CT molecular complexity index is 1070. The number of nitrogens with one attached hydrogen (secondary N) is 1. The molecule has 3 aromatic rings. The largest absolute Gasteiger partial charge is 0.353 e. The van der Waals surface area contributed by atoms with Crippen LogP contribution in [0.4, 0.5) is 16.3 Å². The maximum Gasteiger partial charge on any atom is 0.321 e. The van der Waals surface area contributed by atoms with Gasteiger partial charge in [-0.1, -0.05) is 30.3 Å². The van der Waals surface area contributed by atoms with Crippen LogP contribution in [-0.2, 0) is 0 Å². The molecule has 34 heavy (non-hydrogen) atoms. The normalized spacial score (nSPS) is 21.5. The molecule has 2 amide bonds. The number of hydrogen-bond donors (Lipinski definition) is 1. The third-order valence-electron chi connectivity index (χ3n) is 7.51. The number of anilines is 2. The van der Waals surface area contributed by atoms with E-state index in [1.54, 1.807) is 16.4 Å². The molecule has 0 atom stereocenters. The second kappa shape index (κ2) is 10.7. The fourth-order valence-corrected chi connectivity index (χ4v) is 6.08.